The summed E-state index contributed by atoms with van der Waals surface area (Å²) in [7, 11) is 0. The number of rotatable bonds is 3. The summed E-state index contributed by atoms with van der Waals surface area (Å²) in [6.45, 7) is 10.1. The minimum atomic E-state index is 0. The van der Waals surface area contributed by atoms with Gasteiger partial charge in [-0.2, -0.15) is 12.1 Å². The van der Waals surface area contributed by atoms with E-state index in [0.29, 0.717) is 5.92 Å². The van der Waals surface area contributed by atoms with Gasteiger partial charge in [-0.05, 0) is 30.2 Å². The Kier molecular flexibility index (Phi) is 7.27. The fourth-order valence-electron chi connectivity index (χ4n) is 1.26. The summed E-state index contributed by atoms with van der Waals surface area (Å²) in [5.41, 5.74) is 3.74. The number of hydrogen-bond donors (Lipinski definition) is 0. The molecule has 0 saturated carbocycles. The van der Waals surface area contributed by atoms with Crippen molar-refractivity contribution in [1.29, 1.82) is 0 Å². The Bertz CT molecular complexity index is 452. The number of aromatic nitrogens is 1. The first kappa shape index (κ1) is 16.3. The first-order chi connectivity index (χ1) is 7.56. The molecule has 0 spiro atoms. The van der Waals surface area contributed by atoms with Crippen LogP contribution in [0.15, 0.2) is 30.5 Å². The number of hydrogen-bond acceptors (Lipinski definition) is 1. The molecule has 1 nitrogen and oxygen atoms in total. The first-order valence-electron chi connectivity index (χ1n) is 5.26. The maximum absolute atomic E-state index is 5.21. The van der Waals surface area contributed by atoms with Crippen molar-refractivity contribution in [2.75, 3.05) is 0 Å². The van der Waals surface area contributed by atoms with Gasteiger partial charge >= 0.3 is 0 Å². The van der Waals surface area contributed by atoms with Crippen LogP contribution in [0, 0.1) is 18.4 Å². The zero-order valence-corrected chi connectivity index (χ0v) is 13.5. The van der Waals surface area contributed by atoms with E-state index in [1.807, 2.05) is 19.2 Å². The van der Waals surface area contributed by atoms with E-state index in [1.54, 1.807) is 6.08 Å². The average Bonchev–Trinajstić information content (AvgIpc) is 2.28. The molecule has 0 amide bonds. The molecule has 0 aliphatic heterocycles. The summed E-state index contributed by atoms with van der Waals surface area (Å²) in [5.74, 6) is 2.93. The van der Waals surface area contributed by atoms with E-state index in [9.17, 15) is 0 Å². The quantitative estimate of drug-likeness (QED) is 0.469. The molecule has 0 unspecified atom stereocenters. The van der Waals surface area contributed by atoms with Gasteiger partial charge in [0.2, 0.25) is 0 Å². The predicted octanol–water partition coefficient (Wildman–Crippen LogP) is 3.84. The minimum absolute atomic E-state index is 0. The summed E-state index contributed by atoms with van der Waals surface area (Å²) in [5, 5.41) is 0. The molecular formula is C15H18NY-. The molecule has 1 aromatic heterocycles. The molecule has 1 radical (unpaired) electrons. The molecular weight excluding hydrogens is 283 g/mol. The molecule has 2 heteroatoms. The monoisotopic (exact) mass is 301 g/mol. The van der Waals surface area contributed by atoms with Crippen molar-refractivity contribution in [3.8, 4) is 12.3 Å². The molecule has 0 bridgehead atoms. The van der Waals surface area contributed by atoms with E-state index >= 15 is 0 Å². The molecule has 87 valence electrons. The molecule has 0 saturated heterocycles. The standard InChI is InChI=1S/C15H16N.Y.H2/c1-6-7-12(4)13(5)15-9-8-14(10-16-15)11(2)3;;/h1,7,9-11H,5H2,2-4H3;;1H/q-1;;/b12-7-;;. The van der Waals surface area contributed by atoms with Crippen LogP contribution in [0.5, 0.6) is 0 Å². The van der Waals surface area contributed by atoms with Crippen molar-refractivity contribution in [3.05, 3.63) is 47.8 Å². The Morgan fingerprint density at radius 1 is 1.65 bits per heavy atom. The third kappa shape index (κ3) is 4.58. The number of terminal acetylenes is 1. The first-order valence-corrected chi connectivity index (χ1v) is 5.26. The third-order valence-electron chi connectivity index (χ3n) is 2.43. The van der Waals surface area contributed by atoms with Crippen LogP contribution in [0.2, 0.25) is 0 Å². The second-order valence-corrected chi connectivity index (χ2v) is 4.01. The van der Waals surface area contributed by atoms with Gasteiger partial charge in [-0.3, -0.25) is 0 Å². The fraction of sp³-hybridized carbons (Fsp3) is 0.267. The van der Waals surface area contributed by atoms with E-state index in [1.165, 1.54) is 0 Å². The smallest absolute Gasteiger partial charge is 0 e. The molecule has 1 rings (SSSR count). The van der Waals surface area contributed by atoms with Gasteiger partial charge < -0.3 is 4.98 Å². The molecule has 0 aliphatic carbocycles. The van der Waals surface area contributed by atoms with Gasteiger partial charge in [0.1, 0.15) is 0 Å². The second-order valence-electron chi connectivity index (χ2n) is 4.01. The van der Waals surface area contributed by atoms with Crippen molar-refractivity contribution < 1.29 is 34.1 Å². The maximum Gasteiger partial charge on any atom is 0 e. The molecule has 0 fully saturated rings. The summed E-state index contributed by atoms with van der Waals surface area (Å²) >= 11 is 0. The Balaban J connectivity index is 0. The van der Waals surface area contributed by atoms with Crippen LogP contribution < -0.4 is 0 Å². The summed E-state index contributed by atoms with van der Waals surface area (Å²) in [6.07, 6.45) is 8.75. The van der Waals surface area contributed by atoms with Gasteiger partial charge in [0.25, 0.3) is 0 Å². The Morgan fingerprint density at radius 2 is 2.29 bits per heavy atom. The zero-order chi connectivity index (χ0) is 12.1. The molecule has 1 heterocycles. The van der Waals surface area contributed by atoms with Crippen molar-refractivity contribution in [2.24, 2.45) is 0 Å². The Labute approximate surface area is 131 Å². The van der Waals surface area contributed by atoms with Gasteiger partial charge in [-0.25, -0.2) is 0 Å². The van der Waals surface area contributed by atoms with E-state index in [2.05, 4.69) is 37.4 Å². The van der Waals surface area contributed by atoms with Gasteiger partial charge in [0.15, 0.2) is 0 Å². The van der Waals surface area contributed by atoms with Crippen LogP contribution in [-0.2, 0) is 32.7 Å². The van der Waals surface area contributed by atoms with Crippen molar-refractivity contribution in [2.45, 2.75) is 26.7 Å². The molecule has 1 aromatic rings. The van der Waals surface area contributed by atoms with Crippen molar-refractivity contribution in [1.82, 2.24) is 4.98 Å². The zero-order valence-electron chi connectivity index (χ0n) is 10.6. The summed E-state index contributed by atoms with van der Waals surface area (Å²) in [6, 6.07) is 5.08. The van der Waals surface area contributed by atoms with Crippen LogP contribution in [0.3, 0.4) is 0 Å². The van der Waals surface area contributed by atoms with Gasteiger partial charge in [-0.1, -0.05) is 31.5 Å². The normalized spacial score (nSPS) is 10.6. The SMILES string of the molecule is C#C/C=C(/C)C(=C)c1c[c-]c(C(C)C)cn1.[HH].[Y]. The minimum Gasteiger partial charge on any atom is -0.383 e. The number of pyridine rings is 1. The van der Waals surface area contributed by atoms with Crippen LogP contribution in [-0.4, -0.2) is 4.98 Å². The second kappa shape index (κ2) is 7.59. The number of nitrogens with zero attached hydrogens (tertiary/aromatic N) is 1. The molecule has 0 aromatic carbocycles. The molecule has 17 heavy (non-hydrogen) atoms. The summed E-state index contributed by atoms with van der Waals surface area (Å²) < 4.78 is 0. The van der Waals surface area contributed by atoms with Gasteiger partial charge in [-0.15, -0.1) is 18.6 Å². The average molecular weight is 301 g/mol. The molecule has 0 N–H and O–H groups in total. The predicted molar refractivity (Wildman–Crippen MR) is 70.9 cm³/mol. The largest absolute Gasteiger partial charge is 0.383 e. The topological polar surface area (TPSA) is 12.9 Å². The maximum atomic E-state index is 5.21. The fourth-order valence-corrected chi connectivity index (χ4v) is 1.26. The number of allylic oxidation sites excluding steroid dienone is 3. The van der Waals surface area contributed by atoms with E-state index in [4.69, 9.17) is 6.42 Å². The Morgan fingerprint density at radius 3 is 2.71 bits per heavy atom. The van der Waals surface area contributed by atoms with E-state index in [0.717, 1.165) is 22.4 Å². The van der Waals surface area contributed by atoms with E-state index in [-0.39, 0.29) is 34.1 Å². The van der Waals surface area contributed by atoms with Crippen LogP contribution in [0.25, 0.3) is 5.57 Å². The van der Waals surface area contributed by atoms with Gasteiger partial charge in [0, 0.05) is 34.1 Å². The van der Waals surface area contributed by atoms with Crippen LogP contribution >= 0.6 is 0 Å². The third-order valence-corrected chi connectivity index (χ3v) is 2.43. The van der Waals surface area contributed by atoms with Crippen molar-refractivity contribution in [3.63, 3.8) is 0 Å². The molecule has 0 atom stereocenters. The summed E-state index contributed by atoms with van der Waals surface area (Å²) in [4.78, 5) is 4.36. The van der Waals surface area contributed by atoms with Crippen molar-refractivity contribution >= 4 is 5.57 Å². The molecule has 0 aliphatic rings. The Hall–Kier alpha value is -0.706. The van der Waals surface area contributed by atoms with Crippen LogP contribution in [0.1, 0.15) is 39.4 Å². The van der Waals surface area contributed by atoms with Crippen LogP contribution in [0.4, 0.5) is 0 Å². The van der Waals surface area contributed by atoms with Gasteiger partial charge in [0.05, 0.1) is 0 Å². The van der Waals surface area contributed by atoms with E-state index < -0.39 is 0 Å².